The number of hydrogen-bond acceptors (Lipinski definition) is 4. The highest BCUT2D eigenvalue weighted by Crippen LogP contribution is 2.17. The predicted molar refractivity (Wildman–Crippen MR) is 78.3 cm³/mol. The van der Waals surface area contributed by atoms with Crippen LogP contribution in [-0.2, 0) is 14.3 Å². The average Bonchev–Trinajstić information content (AvgIpc) is 2.53. The van der Waals surface area contributed by atoms with Crippen LogP contribution in [-0.4, -0.2) is 49.6 Å². The lowest BCUT2D eigenvalue weighted by Crippen LogP contribution is -2.42. The Labute approximate surface area is 124 Å². The van der Waals surface area contributed by atoms with Gasteiger partial charge in [-0.25, -0.2) is 0 Å². The zero-order valence-electron chi connectivity index (χ0n) is 12.1. The topological polar surface area (TPSA) is 67.9 Å². The number of amides is 2. The SMILES string of the molecule is CCC(=O)Nc1cccc(OCC(=O)N2CCOCC2)c1. The Kier molecular flexibility index (Phi) is 5.57. The molecular formula is C15H20N2O4. The third kappa shape index (κ3) is 4.75. The van der Waals surface area contributed by atoms with E-state index >= 15 is 0 Å². The van der Waals surface area contributed by atoms with Crippen molar-refractivity contribution in [3.05, 3.63) is 24.3 Å². The highest BCUT2D eigenvalue weighted by atomic mass is 16.5. The summed E-state index contributed by atoms with van der Waals surface area (Å²) in [5.74, 6) is 0.448. The van der Waals surface area contributed by atoms with Gasteiger partial charge in [-0.3, -0.25) is 9.59 Å². The van der Waals surface area contributed by atoms with E-state index in [-0.39, 0.29) is 18.4 Å². The fourth-order valence-corrected chi connectivity index (χ4v) is 1.96. The lowest BCUT2D eigenvalue weighted by molar-refractivity contribution is -0.137. The monoisotopic (exact) mass is 292 g/mol. The Hall–Kier alpha value is -2.08. The first kappa shape index (κ1) is 15.3. The summed E-state index contributed by atoms with van der Waals surface area (Å²) in [6, 6.07) is 7.03. The molecule has 0 bridgehead atoms. The van der Waals surface area contributed by atoms with Crippen LogP contribution in [0.3, 0.4) is 0 Å². The Morgan fingerprint density at radius 3 is 2.81 bits per heavy atom. The second-order valence-electron chi connectivity index (χ2n) is 4.71. The molecule has 1 aromatic carbocycles. The van der Waals surface area contributed by atoms with E-state index in [0.717, 1.165) is 0 Å². The molecule has 114 valence electrons. The molecule has 1 heterocycles. The minimum Gasteiger partial charge on any atom is -0.484 e. The third-order valence-electron chi connectivity index (χ3n) is 3.17. The number of carbonyl (C=O) groups excluding carboxylic acids is 2. The lowest BCUT2D eigenvalue weighted by Gasteiger charge is -2.26. The number of anilines is 1. The molecule has 1 aliphatic rings. The first-order chi connectivity index (χ1) is 10.2. The summed E-state index contributed by atoms with van der Waals surface area (Å²) in [6.07, 6.45) is 0.417. The summed E-state index contributed by atoms with van der Waals surface area (Å²) in [7, 11) is 0. The second-order valence-corrected chi connectivity index (χ2v) is 4.71. The van der Waals surface area contributed by atoms with Crippen LogP contribution in [0.4, 0.5) is 5.69 Å². The van der Waals surface area contributed by atoms with Gasteiger partial charge in [-0.1, -0.05) is 13.0 Å². The molecule has 1 aliphatic heterocycles. The minimum absolute atomic E-state index is 0.00875. The van der Waals surface area contributed by atoms with Gasteiger partial charge in [-0.2, -0.15) is 0 Å². The van der Waals surface area contributed by atoms with E-state index in [2.05, 4.69) is 5.32 Å². The molecule has 0 aliphatic carbocycles. The van der Waals surface area contributed by atoms with Crippen molar-refractivity contribution in [1.29, 1.82) is 0 Å². The minimum atomic E-state index is -0.0588. The van der Waals surface area contributed by atoms with Gasteiger partial charge in [0.15, 0.2) is 6.61 Å². The first-order valence-electron chi connectivity index (χ1n) is 7.07. The zero-order chi connectivity index (χ0) is 15.1. The molecule has 1 N–H and O–H groups in total. The fraction of sp³-hybridized carbons (Fsp3) is 0.467. The molecule has 0 radical (unpaired) electrons. The van der Waals surface area contributed by atoms with E-state index < -0.39 is 0 Å². The number of hydrogen-bond donors (Lipinski definition) is 1. The standard InChI is InChI=1S/C15H20N2O4/c1-2-14(18)16-12-4-3-5-13(10-12)21-11-15(19)17-6-8-20-9-7-17/h3-5,10H,2,6-9,11H2,1H3,(H,16,18). The van der Waals surface area contributed by atoms with Crippen LogP contribution in [0.5, 0.6) is 5.75 Å². The maximum Gasteiger partial charge on any atom is 0.260 e. The first-order valence-corrected chi connectivity index (χ1v) is 7.07. The molecule has 2 amide bonds. The van der Waals surface area contributed by atoms with Crippen molar-refractivity contribution in [2.45, 2.75) is 13.3 Å². The quantitative estimate of drug-likeness (QED) is 0.887. The van der Waals surface area contributed by atoms with E-state index in [1.807, 2.05) is 0 Å². The van der Waals surface area contributed by atoms with Crippen LogP contribution in [0.1, 0.15) is 13.3 Å². The number of ether oxygens (including phenoxy) is 2. The summed E-state index contributed by atoms with van der Waals surface area (Å²) in [6.45, 7) is 4.14. The van der Waals surface area contributed by atoms with Crippen molar-refractivity contribution in [3.8, 4) is 5.75 Å². The molecule has 1 aromatic rings. The molecule has 0 atom stereocenters. The average molecular weight is 292 g/mol. The van der Waals surface area contributed by atoms with Gasteiger partial charge in [0.2, 0.25) is 5.91 Å². The van der Waals surface area contributed by atoms with Crippen molar-refractivity contribution in [3.63, 3.8) is 0 Å². The van der Waals surface area contributed by atoms with E-state index in [0.29, 0.717) is 44.2 Å². The number of nitrogens with zero attached hydrogens (tertiary/aromatic N) is 1. The van der Waals surface area contributed by atoms with Crippen molar-refractivity contribution < 1.29 is 19.1 Å². The number of morpholine rings is 1. The summed E-state index contributed by atoms with van der Waals surface area (Å²) >= 11 is 0. The Morgan fingerprint density at radius 2 is 2.10 bits per heavy atom. The molecule has 1 fully saturated rings. The van der Waals surface area contributed by atoms with Gasteiger partial charge in [0.05, 0.1) is 13.2 Å². The largest absolute Gasteiger partial charge is 0.484 e. The fourth-order valence-electron chi connectivity index (χ4n) is 1.96. The van der Waals surface area contributed by atoms with Gasteiger partial charge >= 0.3 is 0 Å². The molecular weight excluding hydrogens is 272 g/mol. The molecule has 0 unspecified atom stereocenters. The molecule has 0 spiro atoms. The van der Waals surface area contributed by atoms with Gasteiger partial charge in [0, 0.05) is 31.3 Å². The van der Waals surface area contributed by atoms with E-state index in [4.69, 9.17) is 9.47 Å². The summed E-state index contributed by atoms with van der Waals surface area (Å²) in [4.78, 5) is 25.0. The van der Waals surface area contributed by atoms with Gasteiger partial charge < -0.3 is 19.7 Å². The number of carbonyl (C=O) groups is 2. The molecule has 6 nitrogen and oxygen atoms in total. The molecule has 0 aromatic heterocycles. The maximum absolute atomic E-state index is 12.0. The Morgan fingerprint density at radius 1 is 1.33 bits per heavy atom. The van der Waals surface area contributed by atoms with Crippen LogP contribution in [0.15, 0.2) is 24.3 Å². The Balaban J connectivity index is 1.86. The van der Waals surface area contributed by atoms with E-state index in [9.17, 15) is 9.59 Å². The smallest absolute Gasteiger partial charge is 0.260 e. The maximum atomic E-state index is 12.0. The normalized spacial score (nSPS) is 14.6. The van der Waals surface area contributed by atoms with Crippen molar-refractivity contribution >= 4 is 17.5 Å². The molecule has 0 saturated carbocycles. The molecule has 1 saturated heterocycles. The lowest BCUT2D eigenvalue weighted by atomic mass is 10.3. The van der Waals surface area contributed by atoms with E-state index in [1.54, 1.807) is 36.1 Å². The van der Waals surface area contributed by atoms with Gasteiger partial charge in [-0.05, 0) is 12.1 Å². The zero-order valence-corrected chi connectivity index (χ0v) is 12.1. The van der Waals surface area contributed by atoms with Crippen LogP contribution in [0.25, 0.3) is 0 Å². The van der Waals surface area contributed by atoms with Gasteiger partial charge in [-0.15, -0.1) is 0 Å². The van der Waals surface area contributed by atoms with E-state index in [1.165, 1.54) is 0 Å². The molecule has 21 heavy (non-hydrogen) atoms. The highest BCUT2D eigenvalue weighted by Gasteiger charge is 2.17. The van der Waals surface area contributed by atoms with Crippen molar-refractivity contribution in [2.75, 3.05) is 38.2 Å². The summed E-state index contributed by atoms with van der Waals surface area (Å²) in [5.41, 5.74) is 0.665. The third-order valence-corrected chi connectivity index (χ3v) is 3.17. The summed E-state index contributed by atoms with van der Waals surface area (Å²) < 4.78 is 10.7. The predicted octanol–water partition coefficient (Wildman–Crippen LogP) is 1.27. The van der Waals surface area contributed by atoms with Gasteiger partial charge in [0.25, 0.3) is 5.91 Å². The van der Waals surface area contributed by atoms with Crippen LogP contribution < -0.4 is 10.1 Å². The molecule has 2 rings (SSSR count). The summed E-state index contributed by atoms with van der Waals surface area (Å²) in [5, 5.41) is 2.75. The van der Waals surface area contributed by atoms with Crippen molar-refractivity contribution in [1.82, 2.24) is 4.90 Å². The Bertz CT molecular complexity index is 498. The number of benzene rings is 1. The number of nitrogens with one attached hydrogen (secondary N) is 1. The van der Waals surface area contributed by atoms with Crippen LogP contribution in [0.2, 0.25) is 0 Å². The highest BCUT2D eigenvalue weighted by molar-refractivity contribution is 5.90. The van der Waals surface area contributed by atoms with Crippen LogP contribution in [0, 0.1) is 0 Å². The van der Waals surface area contributed by atoms with Gasteiger partial charge in [0.1, 0.15) is 5.75 Å². The second kappa shape index (κ2) is 7.64. The van der Waals surface area contributed by atoms with Crippen LogP contribution >= 0.6 is 0 Å². The molecule has 6 heteroatoms. The number of rotatable bonds is 5. The van der Waals surface area contributed by atoms with Crippen molar-refractivity contribution in [2.24, 2.45) is 0 Å².